The fraction of sp³-hybridized carbons (Fsp3) is 1.00. The van der Waals surface area contributed by atoms with Crippen molar-refractivity contribution in [1.82, 2.24) is 0 Å². The molecule has 0 amide bonds. The molecule has 0 saturated carbocycles. The highest BCUT2D eigenvalue weighted by Crippen LogP contribution is 2.35. The summed E-state index contributed by atoms with van der Waals surface area (Å²) in [5.41, 5.74) is 0. The molecule has 23 heteroatoms. The van der Waals surface area contributed by atoms with Crippen molar-refractivity contribution in [2.75, 3.05) is 13.2 Å². The minimum absolute atomic E-state index is 0.738. The third kappa shape index (κ3) is 8.68. The summed E-state index contributed by atoms with van der Waals surface area (Å²) >= 11 is 0. The second kappa shape index (κ2) is 17.7. The number of ether oxygens (including phenoxy) is 9. The molecule has 0 spiro atoms. The minimum atomic E-state index is -1.94. The van der Waals surface area contributed by atoms with E-state index in [0.29, 0.717) is 0 Å². The lowest BCUT2D eigenvalue weighted by Crippen LogP contribution is -2.67. The summed E-state index contributed by atoms with van der Waals surface area (Å²) in [4.78, 5) is 0. The van der Waals surface area contributed by atoms with E-state index < -0.39 is 167 Å². The Hall–Kier alpha value is -0.920. The van der Waals surface area contributed by atoms with E-state index in [0.717, 1.165) is 0 Å². The summed E-state index contributed by atoms with van der Waals surface area (Å²) in [6.45, 7) is 2.58. The normalized spacial score (nSPS) is 55.5. The molecule has 5 saturated heterocycles. The van der Waals surface area contributed by atoms with Gasteiger partial charge in [0, 0.05) is 0 Å². The van der Waals surface area contributed by atoms with E-state index >= 15 is 0 Å². The number of rotatable bonds is 10. The van der Waals surface area contributed by atoms with E-state index in [4.69, 9.17) is 42.6 Å². The van der Waals surface area contributed by atoms with Gasteiger partial charge in [0.25, 0.3) is 0 Å². The average Bonchev–Trinajstić information content (AvgIpc) is 3.12. The summed E-state index contributed by atoms with van der Waals surface area (Å²) in [5, 5.41) is 146. The van der Waals surface area contributed by atoms with Crippen molar-refractivity contribution in [3.63, 3.8) is 0 Å². The average molecular weight is 781 g/mol. The number of hydrogen-bond donors (Lipinski definition) is 14. The van der Waals surface area contributed by atoms with Gasteiger partial charge < -0.3 is 114 Å². The van der Waals surface area contributed by atoms with Crippen molar-refractivity contribution in [3.8, 4) is 0 Å². The Bertz CT molecular complexity index is 1160. The molecule has 1 unspecified atom stereocenters. The van der Waals surface area contributed by atoms with Gasteiger partial charge in [0.2, 0.25) is 0 Å². The topological polar surface area (TPSA) is 366 Å². The van der Waals surface area contributed by atoms with Crippen LogP contribution in [0.1, 0.15) is 20.8 Å². The van der Waals surface area contributed by atoms with Crippen molar-refractivity contribution in [3.05, 3.63) is 0 Å². The monoisotopic (exact) mass is 780 g/mol. The Labute approximate surface area is 301 Å². The predicted molar refractivity (Wildman–Crippen MR) is 162 cm³/mol. The maximum absolute atomic E-state index is 11.2. The van der Waals surface area contributed by atoms with Crippen LogP contribution >= 0.6 is 0 Å². The Morgan fingerprint density at radius 3 is 1.19 bits per heavy atom. The first-order valence-corrected chi connectivity index (χ1v) is 17.2. The lowest BCUT2D eigenvalue weighted by molar-refractivity contribution is -0.391. The number of aliphatic hydroxyl groups excluding tert-OH is 14. The molecule has 5 rings (SSSR count). The molecule has 25 atom stereocenters. The zero-order valence-corrected chi connectivity index (χ0v) is 28.8. The molecule has 310 valence electrons. The Kier molecular flexibility index (Phi) is 14.4. The van der Waals surface area contributed by atoms with Crippen molar-refractivity contribution >= 4 is 0 Å². The summed E-state index contributed by atoms with van der Waals surface area (Å²) in [6.07, 6.45) is -40.6. The van der Waals surface area contributed by atoms with Crippen molar-refractivity contribution < 1.29 is 114 Å². The van der Waals surface area contributed by atoms with Crippen LogP contribution in [0.15, 0.2) is 0 Å². The molecule has 0 aromatic heterocycles. The summed E-state index contributed by atoms with van der Waals surface area (Å²) in [6, 6.07) is 0. The fourth-order valence-corrected chi connectivity index (χ4v) is 6.91. The third-order valence-corrected chi connectivity index (χ3v) is 10.2. The largest absolute Gasteiger partial charge is 0.394 e. The van der Waals surface area contributed by atoms with Crippen LogP contribution in [0.3, 0.4) is 0 Å². The van der Waals surface area contributed by atoms with Crippen molar-refractivity contribution in [2.45, 2.75) is 174 Å². The molecule has 14 N–H and O–H groups in total. The minimum Gasteiger partial charge on any atom is -0.394 e. The van der Waals surface area contributed by atoms with Gasteiger partial charge in [0.1, 0.15) is 104 Å². The van der Waals surface area contributed by atoms with Crippen LogP contribution in [0, 0.1) is 0 Å². The van der Waals surface area contributed by atoms with E-state index in [1.54, 1.807) is 0 Å². The highest BCUT2D eigenvalue weighted by Gasteiger charge is 2.55. The Balaban J connectivity index is 1.21. The zero-order chi connectivity index (χ0) is 39.2. The standard InChI is InChI=1S/C30H52O23/c1-6-11(33)13(35)17(39)27(45-6)53-25-21(43)24(10(5-32)48-26(25)44)52-29-20(42)16(38)22(7(2)47-29)50-28-19(41)15(37)23(8(3)46-28)51-30-18(40)14(36)12(34)9(4-31)49-30/h6-44H,4-5H2,1-3H3/t6-,7-,8-,9+,10+,11-,12+,13+,14-,15-,16-,17+,18+,19+,20+,21-,22-,23-,24+,25+,26?,27-,28-,29-,30-/m0/s1. The van der Waals surface area contributed by atoms with Crippen LogP contribution in [0.2, 0.25) is 0 Å². The van der Waals surface area contributed by atoms with Gasteiger partial charge in [0.15, 0.2) is 31.5 Å². The fourth-order valence-electron chi connectivity index (χ4n) is 6.91. The molecule has 0 aromatic rings. The molecule has 5 heterocycles. The van der Waals surface area contributed by atoms with Crippen LogP contribution in [0.25, 0.3) is 0 Å². The van der Waals surface area contributed by atoms with Gasteiger partial charge in [-0.2, -0.15) is 0 Å². The smallest absolute Gasteiger partial charge is 0.187 e. The van der Waals surface area contributed by atoms with E-state index in [-0.39, 0.29) is 0 Å². The van der Waals surface area contributed by atoms with Crippen molar-refractivity contribution in [2.24, 2.45) is 0 Å². The van der Waals surface area contributed by atoms with Crippen molar-refractivity contribution in [1.29, 1.82) is 0 Å². The van der Waals surface area contributed by atoms with E-state index in [9.17, 15) is 71.5 Å². The van der Waals surface area contributed by atoms with Crippen LogP contribution in [0.4, 0.5) is 0 Å². The maximum Gasteiger partial charge on any atom is 0.187 e. The zero-order valence-electron chi connectivity index (χ0n) is 28.8. The second-order valence-electron chi connectivity index (χ2n) is 13.9. The van der Waals surface area contributed by atoms with Gasteiger partial charge in [-0.05, 0) is 20.8 Å². The summed E-state index contributed by atoms with van der Waals surface area (Å²) in [7, 11) is 0. The second-order valence-corrected chi connectivity index (χ2v) is 13.9. The highest BCUT2D eigenvalue weighted by molar-refractivity contribution is 4.97. The molecular weight excluding hydrogens is 728 g/mol. The highest BCUT2D eigenvalue weighted by atomic mass is 16.8. The number of aliphatic hydroxyl groups is 14. The van der Waals surface area contributed by atoms with Gasteiger partial charge in [-0.1, -0.05) is 0 Å². The van der Waals surface area contributed by atoms with E-state index in [1.807, 2.05) is 0 Å². The van der Waals surface area contributed by atoms with Gasteiger partial charge in [-0.3, -0.25) is 0 Å². The number of hydrogen-bond acceptors (Lipinski definition) is 23. The van der Waals surface area contributed by atoms with Gasteiger partial charge in [-0.15, -0.1) is 0 Å². The lowest BCUT2D eigenvalue weighted by atomic mass is 9.96. The lowest BCUT2D eigenvalue weighted by Gasteiger charge is -2.49. The molecule has 0 aromatic carbocycles. The molecule has 0 bridgehead atoms. The molecule has 5 aliphatic heterocycles. The van der Waals surface area contributed by atoms with E-state index in [1.165, 1.54) is 20.8 Å². The maximum atomic E-state index is 11.2. The first kappa shape index (κ1) is 43.2. The van der Waals surface area contributed by atoms with Gasteiger partial charge in [0.05, 0.1) is 31.5 Å². The first-order valence-electron chi connectivity index (χ1n) is 17.2. The van der Waals surface area contributed by atoms with Crippen LogP contribution in [0.5, 0.6) is 0 Å². The summed E-state index contributed by atoms with van der Waals surface area (Å²) < 4.78 is 50.0. The quantitative estimate of drug-likeness (QED) is 0.0978. The molecule has 0 aliphatic carbocycles. The van der Waals surface area contributed by atoms with Crippen LogP contribution in [-0.2, 0) is 42.6 Å². The third-order valence-electron chi connectivity index (χ3n) is 10.2. The van der Waals surface area contributed by atoms with E-state index in [2.05, 4.69) is 0 Å². The Morgan fingerprint density at radius 1 is 0.340 bits per heavy atom. The molecule has 5 fully saturated rings. The molecular formula is C30H52O23. The molecule has 5 aliphatic rings. The molecule has 23 nitrogen and oxygen atoms in total. The Morgan fingerprint density at radius 2 is 0.717 bits per heavy atom. The van der Waals surface area contributed by atoms with Gasteiger partial charge in [-0.25, -0.2) is 0 Å². The SMILES string of the molecule is C[C@@H]1O[C@@H](O[C@H]2C(O)O[C@H](CO)[C@@H](O[C@@H]3O[C@@H](C)[C@H](O[C@@H]4O[C@@H](C)[C@H](O[C@@H]5O[C@H](CO)[C@@H](O)[C@H](O)[C@H]5O)[C@@H](O)[C@H]4O)[C@@H](O)[C@H]3O)[C@@H]2O)[C@H](O)[C@H](O)[C@H]1O. The predicted octanol–water partition coefficient (Wildman–Crippen LogP) is -8.84. The van der Waals surface area contributed by atoms with Crippen LogP contribution < -0.4 is 0 Å². The van der Waals surface area contributed by atoms with Gasteiger partial charge >= 0.3 is 0 Å². The molecule has 0 radical (unpaired) electrons. The molecule has 53 heavy (non-hydrogen) atoms. The first-order chi connectivity index (χ1) is 24.9. The van der Waals surface area contributed by atoms with Crippen LogP contribution in [-0.4, -0.2) is 238 Å². The summed E-state index contributed by atoms with van der Waals surface area (Å²) in [5.74, 6) is 0.